The topological polar surface area (TPSA) is 65.9 Å². The van der Waals surface area contributed by atoms with Crippen molar-refractivity contribution in [1.82, 2.24) is 18.1 Å². The minimum absolute atomic E-state index is 0.0832. The van der Waals surface area contributed by atoms with E-state index in [1.165, 1.54) is 33.7 Å². The van der Waals surface area contributed by atoms with E-state index < -0.39 is 10.2 Å². The average molecular weight is 378 g/mol. The molecule has 1 aromatic heterocycles. The highest BCUT2D eigenvalue weighted by atomic mass is 32.2. The van der Waals surface area contributed by atoms with E-state index in [9.17, 15) is 13.2 Å². The summed E-state index contributed by atoms with van der Waals surface area (Å²) in [5.41, 5.74) is 2.34. The maximum absolute atomic E-state index is 12.5. The fourth-order valence-corrected chi connectivity index (χ4v) is 4.51. The molecule has 0 saturated carbocycles. The van der Waals surface area contributed by atoms with Gasteiger partial charge in [-0.1, -0.05) is 18.2 Å². The lowest BCUT2D eigenvalue weighted by molar-refractivity contribution is -0.132. The molecule has 26 heavy (non-hydrogen) atoms. The van der Waals surface area contributed by atoms with E-state index >= 15 is 0 Å². The summed E-state index contributed by atoms with van der Waals surface area (Å²) in [7, 11) is 1.66. The molecule has 8 heteroatoms. The number of nitrogens with zero attached hydrogens (tertiary/aromatic N) is 4. The number of benzene rings is 1. The molecule has 0 radical (unpaired) electrons. The van der Waals surface area contributed by atoms with Gasteiger partial charge in [-0.05, 0) is 18.1 Å². The number of carbonyl (C=O) groups is 1. The van der Waals surface area contributed by atoms with Gasteiger partial charge in [0.15, 0.2) is 0 Å². The van der Waals surface area contributed by atoms with Crippen LogP contribution >= 0.6 is 0 Å². The number of carbonyl (C=O) groups excluding carboxylic acids is 1. The summed E-state index contributed by atoms with van der Waals surface area (Å²) in [4.78, 5) is 14.3. The van der Waals surface area contributed by atoms with Crippen molar-refractivity contribution < 1.29 is 13.2 Å². The van der Waals surface area contributed by atoms with Gasteiger partial charge in [0.1, 0.15) is 0 Å². The Morgan fingerprint density at radius 1 is 1.12 bits per heavy atom. The summed E-state index contributed by atoms with van der Waals surface area (Å²) < 4.78 is 29.0. The van der Waals surface area contributed by atoms with Gasteiger partial charge in [0.25, 0.3) is 10.2 Å². The normalized spacial score (nSPS) is 16.5. The molecule has 0 bridgehead atoms. The zero-order chi connectivity index (χ0) is 18.9. The molecule has 142 valence electrons. The third-order valence-corrected chi connectivity index (χ3v) is 6.91. The zero-order valence-electron chi connectivity index (χ0n) is 15.6. The van der Waals surface area contributed by atoms with Gasteiger partial charge in [0, 0.05) is 70.8 Å². The second kappa shape index (κ2) is 7.38. The monoisotopic (exact) mass is 378 g/mol. The number of hydrogen-bond acceptors (Lipinski definition) is 3. The molecule has 2 aromatic rings. The Morgan fingerprint density at radius 2 is 1.77 bits per heavy atom. The highest BCUT2D eigenvalue weighted by Gasteiger charge is 2.30. The van der Waals surface area contributed by atoms with Crippen LogP contribution in [0, 0.1) is 0 Å². The highest BCUT2D eigenvalue weighted by Crippen LogP contribution is 2.22. The predicted molar refractivity (Wildman–Crippen MR) is 102 cm³/mol. The Morgan fingerprint density at radius 3 is 2.42 bits per heavy atom. The standard InChI is InChI=1S/C18H26N4O3S/c1-19(2)26(24,25)22-12-10-21(11-13-22)18(23)9-8-15-14-20(3)17-7-5-4-6-16(15)17/h4-7,14H,8-13H2,1-3H3. The summed E-state index contributed by atoms with van der Waals surface area (Å²) in [6.07, 6.45) is 3.21. The second-order valence-corrected chi connectivity index (χ2v) is 8.99. The third kappa shape index (κ3) is 3.62. The third-order valence-electron chi connectivity index (χ3n) is 4.97. The number of piperazine rings is 1. The van der Waals surface area contributed by atoms with E-state index in [2.05, 4.69) is 22.9 Å². The van der Waals surface area contributed by atoms with Gasteiger partial charge in [-0.3, -0.25) is 4.79 Å². The Bertz CT molecular complexity index is 896. The Kier molecular flexibility index (Phi) is 5.36. The molecule has 3 rings (SSSR count). The number of rotatable bonds is 5. The number of hydrogen-bond donors (Lipinski definition) is 0. The number of aromatic nitrogens is 1. The van der Waals surface area contributed by atoms with Crippen molar-refractivity contribution >= 4 is 27.0 Å². The van der Waals surface area contributed by atoms with Crippen LogP contribution < -0.4 is 0 Å². The van der Waals surface area contributed by atoms with E-state index in [0.717, 1.165) is 5.52 Å². The van der Waals surface area contributed by atoms with Crippen molar-refractivity contribution in [2.24, 2.45) is 7.05 Å². The van der Waals surface area contributed by atoms with E-state index in [1.807, 2.05) is 19.2 Å². The molecule has 1 aliphatic rings. The van der Waals surface area contributed by atoms with Gasteiger partial charge >= 0.3 is 0 Å². The van der Waals surface area contributed by atoms with Crippen LogP contribution in [-0.4, -0.2) is 72.7 Å². The van der Waals surface area contributed by atoms with E-state index in [4.69, 9.17) is 0 Å². The summed E-state index contributed by atoms with van der Waals surface area (Å²) in [6.45, 7) is 1.59. The van der Waals surface area contributed by atoms with Crippen LogP contribution in [0.3, 0.4) is 0 Å². The lowest BCUT2D eigenvalue weighted by Crippen LogP contribution is -2.53. The Hall–Kier alpha value is -1.90. The van der Waals surface area contributed by atoms with Crippen LogP contribution in [0.4, 0.5) is 0 Å². The number of para-hydroxylation sites is 1. The molecule has 2 heterocycles. The van der Waals surface area contributed by atoms with Crippen LogP contribution in [0.2, 0.25) is 0 Å². The predicted octanol–water partition coefficient (Wildman–Crippen LogP) is 1.06. The summed E-state index contributed by atoms with van der Waals surface area (Å²) in [6, 6.07) is 8.18. The summed E-state index contributed by atoms with van der Waals surface area (Å²) in [5, 5.41) is 1.18. The lowest BCUT2D eigenvalue weighted by Gasteiger charge is -2.35. The van der Waals surface area contributed by atoms with Crippen molar-refractivity contribution in [3.63, 3.8) is 0 Å². The molecule has 0 aliphatic carbocycles. The maximum atomic E-state index is 12.5. The van der Waals surface area contributed by atoms with E-state index in [0.29, 0.717) is 39.0 Å². The van der Waals surface area contributed by atoms with Gasteiger partial charge in [-0.25, -0.2) is 0 Å². The fraction of sp³-hybridized carbons (Fsp3) is 0.500. The van der Waals surface area contributed by atoms with E-state index in [-0.39, 0.29) is 5.91 Å². The fourth-order valence-electron chi connectivity index (χ4n) is 3.42. The van der Waals surface area contributed by atoms with Crippen molar-refractivity contribution in [2.75, 3.05) is 40.3 Å². The molecular weight excluding hydrogens is 352 g/mol. The first-order valence-corrected chi connectivity index (χ1v) is 10.2. The van der Waals surface area contributed by atoms with Gasteiger partial charge in [0.2, 0.25) is 5.91 Å². The molecule has 1 aliphatic heterocycles. The van der Waals surface area contributed by atoms with Gasteiger partial charge in [-0.15, -0.1) is 0 Å². The molecule has 0 spiro atoms. The number of amides is 1. The minimum Gasteiger partial charge on any atom is -0.350 e. The largest absolute Gasteiger partial charge is 0.350 e. The first-order valence-electron chi connectivity index (χ1n) is 8.79. The van der Waals surface area contributed by atoms with Gasteiger partial charge < -0.3 is 9.47 Å². The molecular formula is C18H26N4O3S. The molecule has 0 atom stereocenters. The van der Waals surface area contributed by atoms with Crippen LogP contribution in [0.1, 0.15) is 12.0 Å². The summed E-state index contributed by atoms with van der Waals surface area (Å²) >= 11 is 0. The second-order valence-electron chi connectivity index (χ2n) is 6.85. The van der Waals surface area contributed by atoms with Crippen molar-refractivity contribution in [3.8, 4) is 0 Å². The first-order chi connectivity index (χ1) is 12.3. The highest BCUT2D eigenvalue weighted by molar-refractivity contribution is 7.86. The smallest absolute Gasteiger partial charge is 0.281 e. The molecule has 1 fully saturated rings. The van der Waals surface area contributed by atoms with Crippen LogP contribution in [0.5, 0.6) is 0 Å². The van der Waals surface area contributed by atoms with Crippen LogP contribution in [0.15, 0.2) is 30.5 Å². The van der Waals surface area contributed by atoms with Gasteiger partial charge in [0.05, 0.1) is 0 Å². The van der Waals surface area contributed by atoms with E-state index in [1.54, 1.807) is 4.90 Å². The molecule has 1 aromatic carbocycles. The maximum Gasteiger partial charge on any atom is 0.281 e. The van der Waals surface area contributed by atoms with Crippen molar-refractivity contribution in [3.05, 3.63) is 36.0 Å². The molecule has 1 saturated heterocycles. The number of aryl methyl sites for hydroxylation is 2. The summed E-state index contributed by atoms with van der Waals surface area (Å²) in [5.74, 6) is 0.0832. The average Bonchev–Trinajstić information content (AvgIpc) is 2.96. The molecule has 7 nitrogen and oxygen atoms in total. The Balaban J connectivity index is 1.58. The molecule has 0 N–H and O–H groups in total. The molecule has 1 amide bonds. The van der Waals surface area contributed by atoms with Crippen LogP contribution in [-0.2, 0) is 28.5 Å². The minimum atomic E-state index is -3.40. The zero-order valence-corrected chi connectivity index (χ0v) is 16.4. The quantitative estimate of drug-likeness (QED) is 0.781. The van der Waals surface area contributed by atoms with Crippen molar-refractivity contribution in [1.29, 1.82) is 0 Å². The van der Waals surface area contributed by atoms with Crippen molar-refractivity contribution in [2.45, 2.75) is 12.8 Å². The van der Waals surface area contributed by atoms with Crippen LogP contribution in [0.25, 0.3) is 10.9 Å². The first kappa shape index (κ1) is 18.9. The Labute approximate surface area is 155 Å². The number of fused-ring (bicyclic) bond motifs is 1. The lowest BCUT2D eigenvalue weighted by atomic mass is 10.1. The van der Waals surface area contributed by atoms with Gasteiger partial charge in [-0.2, -0.15) is 17.0 Å². The molecule has 0 unspecified atom stereocenters. The SMILES string of the molecule is CN(C)S(=O)(=O)N1CCN(C(=O)CCc2cn(C)c3ccccc23)CC1.